The molecule has 0 saturated heterocycles. The van der Waals surface area contributed by atoms with Gasteiger partial charge in [-0.2, -0.15) is 4.98 Å². The Morgan fingerprint density at radius 2 is 2.05 bits per heavy atom. The van der Waals surface area contributed by atoms with Gasteiger partial charge in [0.2, 0.25) is 11.8 Å². The second-order valence-corrected chi connectivity index (χ2v) is 5.44. The molecular weight excluding hydrogens is 336 g/mol. The highest BCUT2D eigenvalue weighted by atomic mass is 79.9. The average molecular weight is 346 g/mol. The molecule has 0 bridgehead atoms. The molecule has 2 rings (SSSR count). The van der Waals surface area contributed by atoms with Crippen molar-refractivity contribution in [3.8, 4) is 0 Å². The predicted octanol–water partition coefficient (Wildman–Crippen LogP) is 2.66. The van der Waals surface area contributed by atoms with Crippen LogP contribution in [-0.2, 0) is 11.2 Å². The van der Waals surface area contributed by atoms with Crippen LogP contribution in [-0.4, -0.2) is 20.9 Å². The summed E-state index contributed by atoms with van der Waals surface area (Å²) in [6, 6.07) is 3.12. The number of carbonyl (C=O) groups is 1. The maximum Gasteiger partial charge on any atom is 0.270 e. The molecule has 1 aromatic heterocycles. The number of alkyl halides is 1. The van der Waals surface area contributed by atoms with Gasteiger partial charge in [0.1, 0.15) is 11.6 Å². The van der Waals surface area contributed by atoms with Crippen molar-refractivity contribution in [1.29, 1.82) is 0 Å². The van der Waals surface area contributed by atoms with Crippen molar-refractivity contribution in [2.45, 2.75) is 18.2 Å². The lowest BCUT2D eigenvalue weighted by molar-refractivity contribution is -0.115. The molecule has 0 spiro atoms. The third-order valence-electron chi connectivity index (χ3n) is 2.34. The summed E-state index contributed by atoms with van der Waals surface area (Å²) in [6.45, 7) is 1.64. The molecule has 0 radical (unpaired) electrons. The minimum atomic E-state index is -0.679. The number of nitrogens with zero attached hydrogens (tertiary/aromatic N) is 2. The summed E-state index contributed by atoms with van der Waals surface area (Å²) in [5, 5.41) is 5.97. The first kappa shape index (κ1) is 14.6. The van der Waals surface area contributed by atoms with Crippen molar-refractivity contribution in [2.24, 2.45) is 0 Å². The molecular formula is C12H10BrF2N3O2. The Morgan fingerprint density at radius 3 is 2.65 bits per heavy atom. The molecule has 0 saturated carbocycles. The Labute approximate surface area is 121 Å². The van der Waals surface area contributed by atoms with E-state index in [1.54, 1.807) is 6.92 Å². The van der Waals surface area contributed by atoms with Gasteiger partial charge in [0.25, 0.3) is 5.95 Å². The lowest BCUT2D eigenvalue weighted by atomic mass is 10.1. The number of benzene rings is 1. The molecule has 2 aromatic rings. The molecule has 1 heterocycles. The first-order valence-electron chi connectivity index (χ1n) is 5.66. The highest BCUT2D eigenvalue weighted by molar-refractivity contribution is 9.10. The SMILES string of the molecule is CC(Br)C(=O)Nc1noc(Cc2cc(F)cc(F)c2)n1. The van der Waals surface area contributed by atoms with E-state index >= 15 is 0 Å². The van der Waals surface area contributed by atoms with E-state index in [9.17, 15) is 13.6 Å². The zero-order valence-corrected chi connectivity index (χ0v) is 11.9. The van der Waals surface area contributed by atoms with Gasteiger partial charge in [-0.25, -0.2) is 8.78 Å². The van der Waals surface area contributed by atoms with Crippen LogP contribution in [0.25, 0.3) is 0 Å². The number of rotatable bonds is 4. The fourth-order valence-corrected chi connectivity index (χ4v) is 1.59. The first-order valence-corrected chi connectivity index (χ1v) is 6.58. The van der Waals surface area contributed by atoms with Crippen molar-refractivity contribution in [3.05, 3.63) is 41.3 Å². The lowest BCUT2D eigenvalue weighted by Crippen LogP contribution is -2.20. The minimum Gasteiger partial charge on any atom is -0.337 e. The van der Waals surface area contributed by atoms with Crippen LogP contribution in [0.5, 0.6) is 0 Å². The number of hydrogen-bond donors (Lipinski definition) is 1. The quantitative estimate of drug-likeness (QED) is 0.865. The van der Waals surface area contributed by atoms with Gasteiger partial charge in [-0.3, -0.25) is 10.1 Å². The van der Waals surface area contributed by atoms with Crippen molar-refractivity contribution < 1.29 is 18.1 Å². The smallest absolute Gasteiger partial charge is 0.270 e. The molecule has 8 heteroatoms. The van der Waals surface area contributed by atoms with E-state index in [1.165, 1.54) is 12.1 Å². The second-order valence-electron chi connectivity index (χ2n) is 4.07. The van der Waals surface area contributed by atoms with Gasteiger partial charge in [-0.1, -0.05) is 15.9 Å². The topological polar surface area (TPSA) is 68.0 Å². The third-order valence-corrected chi connectivity index (χ3v) is 2.76. The lowest BCUT2D eigenvalue weighted by Gasteiger charge is -2.00. The van der Waals surface area contributed by atoms with Crippen molar-refractivity contribution in [1.82, 2.24) is 10.1 Å². The number of carbonyl (C=O) groups excluding carboxylic acids is 1. The van der Waals surface area contributed by atoms with Crippen LogP contribution in [0, 0.1) is 11.6 Å². The van der Waals surface area contributed by atoms with Crippen LogP contribution in [0.15, 0.2) is 22.7 Å². The van der Waals surface area contributed by atoms with Gasteiger partial charge in [0.15, 0.2) is 0 Å². The predicted molar refractivity (Wildman–Crippen MR) is 70.5 cm³/mol. The van der Waals surface area contributed by atoms with E-state index < -0.39 is 16.5 Å². The Morgan fingerprint density at radius 1 is 1.40 bits per heavy atom. The highest BCUT2D eigenvalue weighted by Gasteiger charge is 2.14. The number of amides is 1. The number of nitrogens with one attached hydrogen (secondary N) is 1. The van der Waals surface area contributed by atoms with E-state index in [2.05, 4.69) is 31.4 Å². The molecule has 0 aliphatic heterocycles. The molecule has 1 N–H and O–H groups in total. The standard InChI is InChI=1S/C12H10BrF2N3O2/c1-6(13)11(19)17-12-16-10(20-18-12)4-7-2-8(14)5-9(15)3-7/h2-3,5-6H,4H2,1H3,(H,17,18,19). The largest absolute Gasteiger partial charge is 0.337 e. The fourth-order valence-electron chi connectivity index (χ4n) is 1.47. The number of hydrogen-bond acceptors (Lipinski definition) is 4. The third kappa shape index (κ3) is 3.83. The Balaban J connectivity index is 2.07. The van der Waals surface area contributed by atoms with Gasteiger partial charge in [-0.05, 0) is 29.8 Å². The summed E-state index contributed by atoms with van der Waals surface area (Å²) in [7, 11) is 0. The highest BCUT2D eigenvalue weighted by Crippen LogP contribution is 2.13. The zero-order chi connectivity index (χ0) is 14.7. The molecule has 106 valence electrons. The Hall–Kier alpha value is -1.83. The molecule has 5 nitrogen and oxygen atoms in total. The van der Waals surface area contributed by atoms with Crippen LogP contribution in [0.2, 0.25) is 0 Å². The molecule has 1 atom stereocenters. The number of aromatic nitrogens is 2. The van der Waals surface area contributed by atoms with E-state index in [4.69, 9.17) is 4.52 Å². The molecule has 1 amide bonds. The van der Waals surface area contributed by atoms with Crippen LogP contribution in [0.3, 0.4) is 0 Å². The van der Waals surface area contributed by atoms with E-state index in [0.717, 1.165) is 6.07 Å². The normalized spacial score (nSPS) is 12.2. The monoisotopic (exact) mass is 345 g/mol. The zero-order valence-electron chi connectivity index (χ0n) is 10.4. The van der Waals surface area contributed by atoms with Gasteiger partial charge < -0.3 is 4.52 Å². The van der Waals surface area contributed by atoms with Gasteiger partial charge in [-0.15, -0.1) is 0 Å². The summed E-state index contributed by atoms with van der Waals surface area (Å²) in [5.41, 5.74) is 0.359. The number of halogens is 3. The maximum absolute atomic E-state index is 13.0. The van der Waals surface area contributed by atoms with Crippen LogP contribution in [0.4, 0.5) is 14.7 Å². The van der Waals surface area contributed by atoms with Gasteiger partial charge in [0, 0.05) is 6.07 Å². The summed E-state index contributed by atoms with van der Waals surface area (Å²) in [6.07, 6.45) is 0.0708. The molecule has 0 aliphatic rings. The van der Waals surface area contributed by atoms with Gasteiger partial charge >= 0.3 is 0 Å². The molecule has 1 unspecified atom stereocenters. The first-order chi connectivity index (χ1) is 9.44. The van der Waals surface area contributed by atoms with E-state index in [0.29, 0.717) is 5.56 Å². The average Bonchev–Trinajstić information content (AvgIpc) is 2.74. The molecule has 1 aromatic carbocycles. The fraction of sp³-hybridized carbons (Fsp3) is 0.250. The molecule has 0 aliphatic carbocycles. The minimum absolute atomic E-state index is 0.00757. The Bertz CT molecular complexity index is 611. The van der Waals surface area contributed by atoms with Crippen molar-refractivity contribution >= 4 is 27.8 Å². The summed E-state index contributed by atoms with van der Waals surface area (Å²) < 4.78 is 30.9. The van der Waals surface area contributed by atoms with Crippen LogP contribution < -0.4 is 5.32 Å². The van der Waals surface area contributed by atoms with Crippen LogP contribution >= 0.6 is 15.9 Å². The van der Waals surface area contributed by atoms with Gasteiger partial charge in [0.05, 0.1) is 11.2 Å². The second kappa shape index (κ2) is 6.08. The number of anilines is 1. The van der Waals surface area contributed by atoms with E-state index in [1.807, 2.05) is 0 Å². The Kier molecular flexibility index (Phi) is 4.43. The summed E-state index contributed by atoms with van der Waals surface area (Å²) in [5.74, 6) is -1.53. The molecule has 0 fully saturated rings. The summed E-state index contributed by atoms with van der Waals surface area (Å²) in [4.78, 5) is 14.9. The van der Waals surface area contributed by atoms with Crippen LogP contribution in [0.1, 0.15) is 18.4 Å². The van der Waals surface area contributed by atoms with E-state index in [-0.39, 0.29) is 24.2 Å². The molecule has 20 heavy (non-hydrogen) atoms. The van der Waals surface area contributed by atoms with Crippen molar-refractivity contribution in [3.63, 3.8) is 0 Å². The summed E-state index contributed by atoms with van der Waals surface area (Å²) >= 11 is 3.09. The maximum atomic E-state index is 13.0. The van der Waals surface area contributed by atoms with Crippen molar-refractivity contribution in [2.75, 3.05) is 5.32 Å².